The van der Waals surface area contributed by atoms with Crippen molar-refractivity contribution in [2.24, 2.45) is 0 Å². The maximum Gasteiger partial charge on any atom is 0.495 e. The van der Waals surface area contributed by atoms with Crippen molar-refractivity contribution in [3.05, 3.63) is 40.9 Å². The second-order valence-corrected chi connectivity index (χ2v) is 7.52. The first kappa shape index (κ1) is 21.9. The number of hydrogen-bond acceptors (Lipinski definition) is 4. The molecule has 0 radical (unpaired) electrons. The second-order valence-electron chi connectivity index (χ2n) is 7.52. The standard InChI is InChI=1S/C21H26BF3O4/c1-5-19(6-2)20(7-3,8-4)29-22(28-19)16-13-27-18(26)17(16)14-9-11-15(12-10-14)21(23,24)25/h9-12H,5-8,13H2,1-4H3. The summed E-state index contributed by atoms with van der Waals surface area (Å²) in [6, 6.07) is 4.51. The molecule has 2 aliphatic heterocycles. The zero-order chi connectivity index (χ0) is 21.4. The number of cyclic esters (lactones) is 1. The molecule has 0 atom stereocenters. The quantitative estimate of drug-likeness (QED) is 0.477. The van der Waals surface area contributed by atoms with Gasteiger partial charge in [-0.2, -0.15) is 13.2 Å². The lowest BCUT2D eigenvalue weighted by Crippen LogP contribution is -2.50. The Labute approximate surface area is 169 Å². The molecule has 4 nitrogen and oxygen atoms in total. The topological polar surface area (TPSA) is 44.8 Å². The van der Waals surface area contributed by atoms with Crippen LogP contribution in [0.5, 0.6) is 0 Å². The Morgan fingerprint density at radius 1 is 0.931 bits per heavy atom. The van der Waals surface area contributed by atoms with Gasteiger partial charge in [-0.15, -0.1) is 0 Å². The molecule has 2 aliphatic rings. The van der Waals surface area contributed by atoms with E-state index in [4.69, 9.17) is 14.0 Å². The number of hydrogen-bond donors (Lipinski definition) is 0. The van der Waals surface area contributed by atoms with E-state index < -0.39 is 36.0 Å². The van der Waals surface area contributed by atoms with Crippen molar-refractivity contribution in [3.63, 3.8) is 0 Å². The molecule has 1 aromatic rings. The number of halogens is 3. The van der Waals surface area contributed by atoms with Gasteiger partial charge in [0.25, 0.3) is 0 Å². The van der Waals surface area contributed by atoms with Gasteiger partial charge in [0.15, 0.2) is 0 Å². The molecule has 0 bridgehead atoms. The fourth-order valence-electron chi connectivity index (χ4n) is 4.65. The van der Waals surface area contributed by atoms with Gasteiger partial charge in [0.1, 0.15) is 6.61 Å². The van der Waals surface area contributed by atoms with Gasteiger partial charge in [-0.25, -0.2) is 4.79 Å². The first-order valence-corrected chi connectivity index (χ1v) is 10.1. The van der Waals surface area contributed by atoms with Gasteiger partial charge in [-0.1, -0.05) is 39.8 Å². The van der Waals surface area contributed by atoms with Gasteiger partial charge in [0.05, 0.1) is 22.3 Å². The Morgan fingerprint density at radius 3 is 1.83 bits per heavy atom. The SMILES string of the molecule is CCC1(CC)OB(C2=C(c3ccc(C(F)(F)F)cc3)C(=O)OC2)OC1(CC)CC. The fourth-order valence-corrected chi connectivity index (χ4v) is 4.65. The minimum Gasteiger partial charge on any atom is -0.458 e. The number of ether oxygens (including phenoxy) is 1. The van der Waals surface area contributed by atoms with Crippen molar-refractivity contribution < 1.29 is 32.0 Å². The molecule has 0 aromatic heterocycles. The Hall–Kier alpha value is -1.80. The van der Waals surface area contributed by atoms with Crippen molar-refractivity contribution >= 4 is 18.7 Å². The van der Waals surface area contributed by atoms with Crippen LogP contribution in [0.1, 0.15) is 64.5 Å². The first-order valence-electron chi connectivity index (χ1n) is 10.1. The highest BCUT2D eigenvalue weighted by atomic mass is 19.4. The molecule has 0 spiro atoms. The monoisotopic (exact) mass is 410 g/mol. The van der Waals surface area contributed by atoms with Crippen molar-refractivity contribution in [1.29, 1.82) is 0 Å². The van der Waals surface area contributed by atoms with Gasteiger partial charge in [-0.05, 0) is 43.4 Å². The number of alkyl halides is 3. The summed E-state index contributed by atoms with van der Waals surface area (Å²) in [5.41, 5.74) is -0.629. The molecule has 0 N–H and O–H groups in total. The van der Waals surface area contributed by atoms with Crippen molar-refractivity contribution in [2.45, 2.75) is 70.8 Å². The number of carbonyl (C=O) groups excluding carboxylic acids is 1. The molecule has 3 rings (SSSR count). The minimum atomic E-state index is -4.44. The molecule has 8 heteroatoms. The smallest absolute Gasteiger partial charge is 0.458 e. The molecule has 2 heterocycles. The van der Waals surface area contributed by atoms with Crippen LogP contribution < -0.4 is 0 Å². The molecule has 0 saturated carbocycles. The summed E-state index contributed by atoms with van der Waals surface area (Å²) in [4.78, 5) is 12.4. The zero-order valence-electron chi connectivity index (χ0n) is 17.2. The van der Waals surface area contributed by atoms with Crippen LogP contribution in [-0.4, -0.2) is 30.9 Å². The van der Waals surface area contributed by atoms with E-state index in [-0.39, 0.29) is 12.2 Å². The lowest BCUT2D eigenvalue weighted by molar-refractivity contribution is -0.137. The van der Waals surface area contributed by atoms with Gasteiger partial charge in [0, 0.05) is 5.47 Å². The second kappa shape index (κ2) is 7.80. The van der Waals surface area contributed by atoms with E-state index in [0.717, 1.165) is 37.8 Å². The van der Waals surface area contributed by atoms with Gasteiger partial charge >= 0.3 is 19.3 Å². The van der Waals surface area contributed by atoms with Crippen LogP contribution in [0.25, 0.3) is 5.57 Å². The summed E-state index contributed by atoms with van der Waals surface area (Å²) in [5.74, 6) is -0.573. The number of carbonyl (C=O) groups is 1. The molecule has 29 heavy (non-hydrogen) atoms. The van der Waals surface area contributed by atoms with Crippen LogP contribution in [0.4, 0.5) is 13.2 Å². The highest BCUT2D eigenvalue weighted by molar-refractivity contribution is 6.59. The summed E-state index contributed by atoms with van der Waals surface area (Å²) >= 11 is 0. The molecule has 1 saturated heterocycles. The third-order valence-corrected chi connectivity index (χ3v) is 6.45. The predicted molar refractivity (Wildman–Crippen MR) is 104 cm³/mol. The number of rotatable bonds is 6. The average molecular weight is 410 g/mol. The summed E-state index contributed by atoms with van der Waals surface area (Å²) in [5, 5.41) is 0. The summed E-state index contributed by atoms with van der Waals surface area (Å²) in [7, 11) is -0.765. The van der Waals surface area contributed by atoms with E-state index in [1.807, 2.05) is 0 Å². The predicted octanol–water partition coefficient (Wildman–Crippen LogP) is 5.21. The maximum absolute atomic E-state index is 12.9. The van der Waals surface area contributed by atoms with Crippen LogP contribution in [0.3, 0.4) is 0 Å². The van der Waals surface area contributed by atoms with Crippen LogP contribution in [0, 0.1) is 0 Å². The largest absolute Gasteiger partial charge is 0.495 e. The lowest BCUT2D eigenvalue weighted by Gasteiger charge is -2.42. The van der Waals surface area contributed by atoms with Gasteiger partial charge < -0.3 is 14.0 Å². The average Bonchev–Trinajstić information content (AvgIpc) is 3.25. The van der Waals surface area contributed by atoms with Crippen molar-refractivity contribution in [1.82, 2.24) is 0 Å². The van der Waals surface area contributed by atoms with E-state index in [9.17, 15) is 18.0 Å². The molecule has 0 unspecified atom stereocenters. The lowest BCUT2D eigenvalue weighted by atomic mass is 9.75. The Balaban J connectivity index is 2.02. The van der Waals surface area contributed by atoms with Crippen LogP contribution >= 0.6 is 0 Å². The number of esters is 1. The van der Waals surface area contributed by atoms with Gasteiger partial charge in [-0.3, -0.25) is 0 Å². The summed E-state index contributed by atoms with van der Waals surface area (Å²) in [6.07, 6.45) is -1.44. The van der Waals surface area contributed by atoms with E-state index >= 15 is 0 Å². The maximum atomic E-state index is 12.9. The van der Waals surface area contributed by atoms with E-state index in [1.165, 1.54) is 12.1 Å². The molecular weight excluding hydrogens is 384 g/mol. The molecule has 0 amide bonds. The molecule has 158 valence electrons. The Bertz CT molecular complexity index is 773. The minimum absolute atomic E-state index is 0.00682. The van der Waals surface area contributed by atoms with E-state index in [0.29, 0.717) is 11.0 Å². The fraction of sp³-hybridized carbons (Fsp3) is 0.571. The van der Waals surface area contributed by atoms with Crippen molar-refractivity contribution in [3.8, 4) is 0 Å². The van der Waals surface area contributed by atoms with E-state index in [2.05, 4.69) is 27.7 Å². The molecule has 1 aromatic carbocycles. The molecule has 0 aliphatic carbocycles. The summed E-state index contributed by atoms with van der Waals surface area (Å²) in [6.45, 7) is 8.22. The number of benzene rings is 1. The highest BCUT2D eigenvalue weighted by Crippen LogP contribution is 2.49. The van der Waals surface area contributed by atoms with E-state index in [1.54, 1.807) is 0 Å². The molecule has 1 fully saturated rings. The summed E-state index contributed by atoms with van der Waals surface area (Å²) < 4.78 is 56.7. The third-order valence-electron chi connectivity index (χ3n) is 6.45. The Kier molecular flexibility index (Phi) is 5.89. The van der Waals surface area contributed by atoms with Crippen molar-refractivity contribution in [2.75, 3.05) is 6.61 Å². The van der Waals surface area contributed by atoms with Crippen LogP contribution in [-0.2, 0) is 25.0 Å². The Morgan fingerprint density at radius 2 is 1.41 bits per heavy atom. The van der Waals surface area contributed by atoms with Crippen LogP contribution in [0.15, 0.2) is 29.7 Å². The highest BCUT2D eigenvalue weighted by Gasteiger charge is 2.60. The van der Waals surface area contributed by atoms with Gasteiger partial charge in [0.2, 0.25) is 0 Å². The third kappa shape index (κ3) is 3.50. The zero-order valence-corrected chi connectivity index (χ0v) is 17.2. The molecular formula is C21H26BF3O4. The van der Waals surface area contributed by atoms with Crippen LogP contribution in [0.2, 0.25) is 0 Å². The normalized spacial score (nSPS) is 21.1. The first-order chi connectivity index (χ1) is 13.7.